The van der Waals surface area contributed by atoms with Gasteiger partial charge in [0, 0.05) is 24.0 Å². The Bertz CT molecular complexity index is 857. The number of ether oxygens (including phenoxy) is 1. The summed E-state index contributed by atoms with van der Waals surface area (Å²) in [5, 5.41) is 14.0. The molecule has 1 aromatic carbocycles. The second kappa shape index (κ2) is 5.92. The van der Waals surface area contributed by atoms with Crippen LogP contribution < -0.4 is 4.74 Å². The summed E-state index contributed by atoms with van der Waals surface area (Å²) in [5.74, 6) is -0.347. The third-order valence-corrected chi connectivity index (χ3v) is 3.51. The number of aromatic nitrogens is 3. The Morgan fingerprint density at radius 2 is 2.09 bits per heavy atom. The summed E-state index contributed by atoms with van der Waals surface area (Å²) >= 11 is 0. The molecule has 23 heavy (non-hydrogen) atoms. The van der Waals surface area contributed by atoms with Gasteiger partial charge in [0.25, 0.3) is 0 Å². The van der Waals surface area contributed by atoms with E-state index in [9.17, 15) is 9.90 Å². The maximum atomic E-state index is 11.7. The molecule has 1 N–H and O–H groups in total. The van der Waals surface area contributed by atoms with E-state index in [1.54, 1.807) is 43.2 Å². The van der Waals surface area contributed by atoms with Crippen LogP contribution >= 0.6 is 0 Å². The van der Waals surface area contributed by atoms with Gasteiger partial charge in [-0.05, 0) is 31.2 Å². The SMILES string of the molecule is COc1cccc(-n2nc(C)c(C(=O)O)c2-c2cccnc2)c1. The van der Waals surface area contributed by atoms with Crippen LogP contribution in [-0.4, -0.2) is 33.0 Å². The average Bonchev–Trinajstić information content (AvgIpc) is 2.93. The minimum atomic E-state index is -1.02. The highest BCUT2D eigenvalue weighted by molar-refractivity contribution is 5.96. The van der Waals surface area contributed by atoms with E-state index in [0.717, 1.165) is 5.69 Å². The molecule has 116 valence electrons. The Morgan fingerprint density at radius 1 is 1.26 bits per heavy atom. The van der Waals surface area contributed by atoms with Crippen LogP contribution in [0.2, 0.25) is 0 Å². The van der Waals surface area contributed by atoms with Crippen molar-refractivity contribution in [2.45, 2.75) is 6.92 Å². The van der Waals surface area contributed by atoms with Crippen molar-refractivity contribution in [1.82, 2.24) is 14.8 Å². The number of carbonyl (C=O) groups is 1. The Morgan fingerprint density at radius 3 is 2.74 bits per heavy atom. The van der Waals surface area contributed by atoms with E-state index >= 15 is 0 Å². The summed E-state index contributed by atoms with van der Waals surface area (Å²) in [7, 11) is 1.58. The molecule has 0 amide bonds. The van der Waals surface area contributed by atoms with Crippen molar-refractivity contribution in [2.75, 3.05) is 7.11 Å². The molecule has 0 spiro atoms. The Hall–Kier alpha value is -3.15. The second-order valence-corrected chi connectivity index (χ2v) is 4.97. The first-order valence-electron chi connectivity index (χ1n) is 6.99. The molecule has 0 bridgehead atoms. The van der Waals surface area contributed by atoms with E-state index in [0.29, 0.717) is 22.7 Å². The zero-order valence-electron chi connectivity index (χ0n) is 12.7. The molecule has 0 aliphatic carbocycles. The van der Waals surface area contributed by atoms with Gasteiger partial charge in [0.05, 0.1) is 24.2 Å². The molecule has 0 aliphatic rings. The Kier molecular flexibility index (Phi) is 3.80. The maximum absolute atomic E-state index is 11.7. The predicted molar refractivity (Wildman–Crippen MR) is 85.0 cm³/mol. The van der Waals surface area contributed by atoms with Crippen molar-refractivity contribution >= 4 is 5.97 Å². The molecule has 0 atom stereocenters. The molecule has 0 radical (unpaired) electrons. The summed E-state index contributed by atoms with van der Waals surface area (Å²) < 4.78 is 6.85. The molecular formula is C17H15N3O3. The Labute approximate surface area is 133 Å². The number of rotatable bonds is 4. The largest absolute Gasteiger partial charge is 0.497 e. The van der Waals surface area contributed by atoms with Crippen LogP contribution in [0.3, 0.4) is 0 Å². The molecule has 6 heteroatoms. The molecule has 6 nitrogen and oxygen atoms in total. The lowest BCUT2D eigenvalue weighted by Gasteiger charge is -2.09. The van der Waals surface area contributed by atoms with Gasteiger partial charge in [-0.1, -0.05) is 6.07 Å². The van der Waals surface area contributed by atoms with Crippen molar-refractivity contribution in [2.24, 2.45) is 0 Å². The molecule has 0 aliphatic heterocycles. The minimum absolute atomic E-state index is 0.167. The number of hydrogen-bond acceptors (Lipinski definition) is 4. The van der Waals surface area contributed by atoms with E-state index in [4.69, 9.17) is 4.74 Å². The highest BCUT2D eigenvalue weighted by atomic mass is 16.5. The number of benzene rings is 1. The third kappa shape index (κ3) is 2.66. The number of aryl methyl sites for hydroxylation is 1. The lowest BCUT2D eigenvalue weighted by atomic mass is 10.1. The van der Waals surface area contributed by atoms with E-state index in [1.807, 2.05) is 24.3 Å². The number of methoxy groups -OCH3 is 1. The molecule has 0 unspecified atom stereocenters. The molecule has 0 saturated heterocycles. The molecule has 0 saturated carbocycles. The second-order valence-electron chi connectivity index (χ2n) is 4.97. The average molecular weight is 309 g/mol. The van der Waals surface area contributed by atoms with Gasteiger partial charge in [-0.25, -0.2) is 9.48 Å². The van der Waals surface area contributed by atoms with Gasteiger partial charge < -0.3 is 9.84 Å². The van der Waals surface area contributed by atoms with Gasteiger partial charge in [-0.15, -0.1) is 0 Å². The topological polar surface area (TPSA) is 77.2 Å². The normalized spacial score (nSPS) is 10.5. The standard InChI is InChI=1S/C17H15N3O3/c1-11-15(17(21)22)16(12-5-4-8-18-10-12)20(19-11)13-6-3-7-14(9-13)23-2/h3-10H,1-2H3,(H,21,22). The summed E-state index contributed by atoms with van der Waals surface area (Å²) in [6.07, 6.45) is 3.27. The highest BCUT2D eigenvalue weighted by Crippen LogP contribution is 2.29. The lowest BCUT2D eigenvalue weighted by molar-refractivity contribution is 0.0697. The van der Waals surface area contributed by atoms with Crippen molar-refractivity contribution in [3.63, 3.8) is 0 Å². The molecule has 0 fully saturated rings. The maximum Gasteiger partial charge on any atom is 0.339 e. The van der Waals surface area contributed by atoms with E-state index in [-0.39, 0.29) is 5.56 Å². The van der Waals surface area contributed by atoms with Crippen LogP contribution in [0.15, 0.2) is 48.8 Å². The van der Waals surface area contributed by atoms with Gasteiger partial charge in [0.15, 0.2) is 0 Å². The summed E-state index contributed by atoms with van der Waals surface area (Å²) in [5.41, 5.74) is 2.52. The van der Waals surface area contributed by atoms with Gasteiger partial charge in [0.1, 0.15) is 11.3 Å². The molecule has 2 heterocycles. The quantitative estimate of drug-likeness (QED) is 0.801. The first kappa shape index (κ1) is 14.8. The monoisotopic (exact) mass is 309 g/mol. The van der Waals surface area contributed by atoms with E-state index in [1.165, 1.54) is 0 Å². The molecule has 3 aromatic rings. The van der Waals surface area contributed by atoms with Crippen LogP contribution in [-0.2, 0) is 0 Å². The van der Waals surface area contributed by atoms with Crippen LogP contribution in [0.25, 0.3) is 16.9 Å². The molecular weight excluding hydrogens is 294 g/mol. The van der Waals surface area contributed by atoms with Crippen LogP contribution in [0.4, 0.5) is 0 Å². The van der Waals surface area contributed by atoms with E-state index < -0.39 is 5.97 Å². The predicted octanol–water partition coefficient (Wildman–Crippen LogP) is 2.95. The fraction of sp³-hybridized carbons (Fsp3) is 0.118. The van der Waals surface area contributed by atoms with E-state index in [2.05, 4.69) is 10.1 Å². The summed E-state index contributed by atoms with van der Waals surface area (Å²) in [6.45, 7) is 1.68. The van der Waals surface area contributed by atoms with Gasteiger partial charge in [-0.2, -0.15) is 5.10 Å². The number of nitrogens with zero attached hydrogens (tertiary/aromatic N) is 3. The fourth-order valence-corrected chi connectivity index (χ4v) is 2.48. The van der Waals surface area contributed by atoms with Gasteiger partial charge in [-0.3, -0.25) is 4.98 Å². The van der Waals surface area contributed by atoms with Gasteiger partial charge in [0.2, 0.25) is 0 Å². The number of pyridine rings is 1. The minimum Gasteiger partial charge on any atom is -0.497 e. The molecule has 3 rings (SSSR count). The Balaban J connectivity index is 2.29. The number of carboxylic acid groups (broad SMARTS) is 1. The number of hydrogen-bond donors (Lipinski definition) is 1. The van der Waals surface area contributed by atoms with Crippen molar-refractivity contribution in [3.05, 3.63) is 60.0 Å². The van der Waals surface area contributed by atoms with Gasteiger partial charge >= 0.3 is 5.97 Å². The smallest absolute Gasteiger partial charge is 0.339 e. The summed E-state index contributed by atoms with van der Waals surface area (Å²) in [4.78, 5) is 15.8. The third-order valence-electron chi connectivity index (χ3n) is 3.51. The van der Waals surface area contributed by atoms with Crippen molar-refractivity contribution in [3.8, 4) is 22.7 Å². The van der Waals surface area contributed by atoms with Crippen molar-refractivity contribution in [1.29, 1.82) is 0 Å². The fourth-order valence-electron chi connectivity index (χ4n) is 2.48. The van der Waals surface area contributed by atoms with Crippen LogP contribution in [0, 0.1) is 6.92 Å². The molecule has 2 aromatic heterocycles. The zero-order valence-corrected chi connectivity index (χ0v) is 12.7. The van der Waals surface area contributed by atoms with Crippen LogP contribution in [0.1, 0.15) is 16.1 Å². The summed E-state index contributed by atoms with van der Waals surface area (Å²) in [6, 6.07) is 10.9. The van der Waals surface area contributed by atoms with Crippen LogP contribution in [0.5, 0.6) is 5.75 Å². The first-order valence-corrected chi connectivity index (χ1v) is 6.99. The number of carboxylic acids is 1. The van der Waals surface area contributed by atoms with Crippen molar-refractivity contribution < 1.29 is 14.6 Å². The number of aromatic carboxylic acids is 1. The highest BCUT2D eigenvalue weighted by Gasteiger charge is 2.23. The first-order chi connectivity index (χ1) is 11.1. The zero-order chi connectivity index (χ0) is 16.4. The lowest BCUT2D eigenvalue weighted by Crippen LogP contribution is -2.03.